The molecule has 0 saturated heterocycles. The zero-order chi connectivity index (χ0) is 15.1. The summed E-state index contributed by atoms with van der Waals surface area (Å²) >= 11 is 5.27. The van der Waals surface area contributed by atoms with Gasteiger partial charge in [-0.2, -0.15) is 0 Å². The number of hydrogen-bond donors (Lipinski definition) is 2. The third kappa shape index (κ3) is 2.23. The molecule has 1 aromatic heterocycles. The number of fused-ring (bicyclic) bond motifs is 1. The van der Waals surface area contributed by atoms with Crippen molar-refractivity contribution in [3.05, 3.63) is 60.2 Å². The Morgan fingerprint density at radius 3 is 2.59 bits per heavy atom. The van der Waals surface area contributed by atoms with Crippen LogP contribution in [0.2, 0.25) is 0 Å². The van der Waals surface area contributed by atoms with Crippen molar-refractivity contribution < 1.29 is 0 Å². The summed E-state index contributed by atoms with van der Waals surface area (Å²) in [6, 6.07) is 18.7. The fourth-order valence-corrected chi connectivity index (χ4v) is 3.23. The minimum absolute atomic E-state index is 0.278. The number of para-hydroxylation sites is 2. The molecule has 0 aliphatic heterocycles. The van der Waals surface area contributed by atoms with Gasteiger partial charge in [0.05, 0.1) is 11.0 Å². The van der Waals surface area contributed by atoms with Crippen LogP contribution in [0.4, 0.5) is 5.95 Å². The van der Waals surface area contributed by atoms with Crippen LogP contribution in [0.25, 0.3) is 11.0 Å². The first-order chi connectivity index (χ1) is 10.7. The van der Waals surface area contributed by atoms with E-state index in [1.807, 2.05) is 35.2 Å². The predicted octanol–water partition coefficient (Wildman–Crippen LogP) is 3.17. The van der Waals surface area contributed by atoms with Gasteiger partial charge >= 0.3 is 0 Å². The second-order valence-electron chi connectivity index (χ2n) is 5.61. The van der Waals surface area contributed by atoms with Crippen LogP contribution in [-0.2, 0) is 0 Å². The fourth-order valence-electron chi connectivity index (χ4n) is 3.00. The van der Waals surface area contributed by atoms with Crippen LogP contribution < -0.4 is 10.6 Å². The van der Waals surface area contributed by atoms with Gasteiger partial charge in [0.2, 0.25) is 5.95 Å². The third-order valence-electron chi connectivity index (χ3n) is 4.16. The molecular formula is C17H16N4S. The van der Waals surface area contributed by atoms with Crippen molar-refractivity contribution >= 4 is 34.3 Å². The monoisotopic (exact) mass is 308 g/mol. The average Bonchev–Trinajstić information content (AvgIpc) is 3.18. The Kier molecular flexibility index (Phi) is 3.08. The smallest absolute Gasteiger partial charge is 0.210 e. The summed E-state index contributed by atoms with van der Waals surface area (Å²) in [5.74, 6) is 1.19. The van der Waals surface area contributed by atoms with E-state index in [4.69, 9.17) is 18.0 Å². The number of nitrogens with zero attached hydrogens (tertiary/aromatic N) is 2. The van der Waals surface area contributed by atoms with E-state index in [-0.39, 0.29) is 6.04 Å². The van der Waals surface area contributed by atoms with E-state index in [0.717, 1.165) is 23.4 Å². The van der Waals surface area contributed by atoms with Crippen molar-refractivity contribution in [1.29, 1.82) is 0 Å². The molecule has 0 amide bonds. The molecule has 22 heavy (non-hydrogen) atoms. The molecule has 0 spiro atoms. The lowest BCUT2D eigenvalue weighted by atomic mass is 10.1. The van der Waals surface area contributed by atoms with Crippen LogP contribution in [0.15, 0.2) is 54.6 Å². The van der Waals surface area contributed by atoms with Gasteiger partial charge in [-0.15, -0.1) is 0 Å². The number of anilines is 1. The Hall–Kier alpha value is -2.40. The van der Waals surface area contributed by atoms with Crippen molar-refractivity contribution in [3.63, 3.8) is 0 Å². The summed E-state index contributed by atoms with van der Waals surface area (Å²) in [5, 5.41) is 0.363. The van der Waals surface area contributed by atoms with Crippen molar-refractivity contribution in [2.24, 2.45) is 5.73 Å². The first-order valence-electron chi connectivity index (χ1n) is 7.32. The Morgan fingerprint density at radius 1 is 1.14 bits per heavy atom. The molecule has 3 N–H and O–H groups in total. The Balaban J connectivity index is 1.66. The summed E-state index contributed by atoms with van der Waals surface area (Å²) in [7, 11) is 0. The van der Waals surface area contributed by atoms with Crippen LogP contribution in [0.3, 0.4) is 0 Å². The van der Waals surface area contributed by atoms with E-state index in [0.29, 0.717) is 11.0 Å². The van der Waals surface area contributed by atoms with E-state index in [1.54, 1.807) is 0 Å². The molecule has 1 fully saturated rings. The van der Waals surface area contributed by atoms with Gasteiger partial charge < -0.3 is 10.7 Å². The highest BCUT2D eigenvalue weighted by atomic mass is 32.1. The number of nitrogens with one attached hydrogen (secondary N) is 1. The quantitative estimate of drug-likeness (QED) is 0.730. The largest absolute Gasteiger partial charge is 0.376 e. The summed E-state index contributed by atoms with van der Waals surface area (Å²) in [6.45, 7) is 0. The molecular weight excluding hydrogens is 292 g/mol. The maximum atomic E-state index is 5.97. The first kappa shape index (κ1) is 13.3. The molecule has 5 heteroatoms. The van der Waals surface area contributed by atoms with E-state index in [9.17, 15) is 0 Å². The molecule has 2 atom stereocenters. The molecule has 110 valence electrons. The molecule has 1 aliphatic rings. The molecule has 4 nitrogen and oxygen atoms in total. The first-order valence-corrected chi connectivity index (χ1v) is 7.73. The van der Waals surface area contributed by atoms with Gasteiger partial charge in [-0.1, -0.05) is 42.5 Å². The lowest BCUT2D eigenvalue weighted by Gasteiger charge is -2.20. The van der Waals surface area contributed by atoms with Gasteiger partial charge in [0, 0.05) is 12.0 Å². The number of thiocarbonyl (C=S) groups is 1. The molecule has 0 bridgehead atoms. The second-order valence-corrected chi connectivity index (χ2v) is 6.02. The molecule has 1 heterocycles. The van der Waals surface area contributed by atoms with Crippen molar-refractivity contribution in [1.82, 2.24) is 9.97 Å². The molecule has 4 rings (SSSR count). The number of benzene rings is 2. The number of hydrogen-bond acceptors (Lipinski definition) is 2. The number of nitrogens with two attached hydrogens (primary N) is 1. The Morgan fingerprint density at radius 2 is 1.86 bits per heavy atom. The molecule has 1 saturated carbocycles. The van der Waals surface area contributed by atoms with E-state index in [2.05, 4.69) is 34.2 Å². The third-order valence-corrected chi connectivity index (χ3v) is 4.36. The van der Waals surface area contributed by atoms with Crippen LogP contribution in [0, 0.1) is 0 Å². The standard InChI is InChI=1S/C17H16N4S/c18-16(22)21(15-10-12(15)11-6-2-1-3-7-11)17-19-13-8-4-5-9-14(13)20-17/h1-9,12,15H,10H2,(H2,18,22)(H,19,20). The van der Waals surface area contributed by atoms with Crippen LogP contribution in [0.1, 0.15) is 17.9 Å². The Bertz CT molecular complexity index is 794. The maximum Gasteiger partial charge on any atom is 0.210 e. The number of imidazole rings is 1. The van der Waals surface area contributed by atoms with Crippen LogP contribution >= 0.6 is 12.2 Å². The van der Waals surface area contributed by atoms with Gasteiger partial charge in [0.25, 0.3) is 0 Å². The zero-order valence-electron chi connectivity index (χ0n) is 11.9. The minimum Gasteiger partial charge on any atom is -0.376 e. The molecule has 0 radical (unpaired) electrons. The van der Waals surface area contributed by atoms with Gasteiger partial charge in [-0.05, 0) is 36.3 Å². The maximum absolute atomic E-state index is 5.97. The zero-order valence-corrected chi connectivity index (χ0v) is 12.8. The summed E-state index contributed by atoms with van der Waals surface area (Å²) < 4.78 is 0. The van der Waals surface area contributed by atoms with Gasteiger partial charge in [-0.3, -0.25) is 4.90 Å². The van der Waals surface area contributed by atoms with E-state index in [1.165, 1.54) is 5.56 Å². The number of H-pyrrole nitrogens is 1. The number of rotatable bonds is 3. The van der Waals surface area contributed by atoms with Gasteiger partial charge in [0.15, 0.2) is 5.11 Å². The summed E-state index contributed by atoms with van der Waals surface area (Å²) in [6.07, 6.45) is 1.04. The lowest BCUT2D eigenvalue weighted by Crippen LogP contribution is -2.38. The predicted molar refractivity (Wildman–Crippen MR) is 92.9 cm³/mol. The summed E-state index contributed by atoms with van der Waals surface area (Å²) in [5.41, 5.74) is 9.22. The van der Waals surface area contributed by atoms with Crippen molar-refractivity contribution in [3.8, 4) is 0 Å². The van der Waals surface area contributed by atoms with E-state index < -0.39 is 0 Å². The highest BCUT2D eigenvalue weighted by molar-refractivity contribution is 7.80. The van der Waals surface area contributed by atoms with Gasteiger partial charge in [0.1, 0.15) is 0 Å². The normalized spacial score (nSPS) is 20.0. The minimum atomic E-state index is 0.278. The lowest BCUT2D eigenvalue weighted by molar-refractivity contribution is 0.918. The van der Waals surface area contributed by atoms with Crippen molar-refractivity contribution in [2.45, 2.75) is 18.4 Å². The number of aromatic nitrogens is 2. The fraction of sp³-hybridized carbons (Fsp3) is 0.176. The second kappa shape index (κ2) is 5.10. The molecule has 2 unspecified atom stereocenters. The Labute approximate surface area is 134 Å². The highest BCUT2D eigenvalue weighted by Crippen LogP contribution is 2.45. The average molecular weight is 308 g/mol. The SMILES string of the molecule is NC(=S)N(c1nc2ccccc2[nH]1)C1CC1c1ccccc1. The molecule has 1 aliphatic carbocycles. The van der Waals surface area contributed by atoms with Gasteiger partial charge in [-0.25, -0.2) is 4.98 Å². The molecule has 2 aromatic carbocycles. The van der Waals surface area contributed by atoms with E-state index >= 15 is 0 Å². The summed E-state index contributed by atoms with van der Waals surface area (Å²) in [4.78, 5) is 9.90. The van der Waals surface area contributed by atoms with Crippen LogP contribution in [0.5, 0.6) is 0 Å². The number of aromatic amines is 1. The van der Waals surface area contributed by atoms with Crippen molar-refractivity contribution in [2.75, 3.05) is 4.90 Å². The highest BCUT2D eigenvalue weighted by Gasteiger charge is 2.45. The molecule has 3 aromatic rings. The van der Waals surface area contributed by atoms with Crippen LogP contribution in [-0.4, -0.2) is 21.1 Å². The topological polar surface area (TPSA) is 57.9 Å².